The molecule has 1 heterocycles. The second kappa shape index (κ2) is 4.39. The van der Waals surface area contributed by atoms with Crippen LogP contribution in [0.4, 0.5) is 4.39 Å². The van der Waals surface area contributed by atoms with E-state index < -0.39 is 16.4 Å². The van der Waals surface area contributed by atoms with E-state index in [1.165, 1.54) is 6.07 Å². The molecule has 84 valence electrons. The molecule has 0 aliphatic carbocycles. The highest BCUT2D eigenvalue weighted by Gasteiger charge is 2.34. The molecule has 2 rings (SSSR count). The molecule has 0 radical (unpaired) electrons. The van der Waals surface area contributed by atoms with E-state index in [0.29, 0.717) is 0 Å². The number of rotatable bonds is 2. The Morgan fingerprint density at radius 2 is 2.06 bits per heavy atom. The molecular weight excluding hydrogens is 273 g/mol. The average molecular weight is 284 g/mol. The molecule has 1 aromatic rings. The summed E-state index contributed by atoms with van der Waals surface area (Å²) >= 11 is 3.37. The Morgan fingerprint density at radius 1 is 1.31 bits per heavy atom. The number of aliphatic hydroxyl groups excluding tert-OH is 1. The van der Waals surface area contributed by atoms with E-state index in [1.807, 2.05) is 0 Å². The lowest BCUT2D eigenvalue weighted by molar-refractivity contribution is 0.137. The summed E-state index contributed by atoms with van der Waals surface area (Å²) in [5, 5.41) is 13.1. The minimum absolute atomic E-state index is 0.256. The van der Waals surface area contributed by atoms with Crippen molar-refractivity contribution in [3.63, 3.8) is 0 Å². The van der Waals surface area contributed by atoms with Gasteiger partial charge >= 0.3 is 0 Å². The zero-order valence-electron chi connectivity index (χ0n) is 8.40. The Kier molecular flexibility index (Phi) is 3.12. The topological polar surface area (TPSA) is 32.3 Å². The quantitative estimate of drug-likeness (QED) is 0.646. The maximum absolute atomic E-state index is 13.5. The molecular formula is C12H11BrFNO. The van der Waals surface area contributed by atoms with Crippen molar-refractivity contribution in [3.8, 4) is 0 Å². The molecule has 1 aliphatic rings. The van der Waals surface area contributed by atoms with E-state index in [9.17, 15) is 9.50 Å². The fraction of sp³-hybridized carbons (Fsp3) is 0.167. The van der Waals surface area contributed by atoms with Crippen molar-refractivity contribution in [2.75, 3.05) is 0 Å². The molecule has 2 N–H and O–H groups in total. The van der Waals surface area contributed by atoms with E-state index in [0.717, 1.165) is 0 Å². The molecule has 1 aliphatic heterocycles. The summed E-state index contributed by atoms with van der Waals surface area (Å²) in [6.07, 6.45) is 6.01. The predicted molar refractivity (Wildman–Crippen MR) is 64.4 cm³/mol. The van der Waals surface area contributed by atoms with Gasteiger partial charge in [-0.25, -0.2) is 4.39 Å². The summed E-state index contributed by atoms with van der Waals surface area (Å²) in [6.45, 7) is 0. The smallest absolute Gasteiger partial charge is 0.142 e. The normalized spacial score (nSPS) is 25.2. The molecule has 2 atom stereocenters. The summed E-state index contributed by atoms with van der Waals surface area (Å²) in [5.41, 5.74) is 0.256. The van der Waals surface area contributed by atoms with Gasteiger partial charge in [-0.15, -0.1) is 0 Å². The number of aliphatic hydroxyl groups is 1. The molecule has 0 saturated heterocycles. The number of nitrogens with one attached hydrogen (secondary N) is 1. The number of dihydropyridines is 1. The maximum atomic E-state index is 13.5. The van der Waals surface area contributed by atoms with Crippen LogP contribution in [0.5, 0.6) is 0 Å². The van der Waals surface area contributed by atoms with Gasteiger partial charge in [0.1, 0.15) is 16.4 Å². The van der Waals surface area contributed by atoms with Gasteiger partial charge in [0.05, 0.1) is 0 Å². The summed E-state index contributed by atoms with van der Waals surface area (Å²) in [7, 11) is 0. The highest BCUT2D eigenvalue weighted by Crippen LogP contribution is 2.35. The average Bonchev–Trinajstić information content (AvgIpc) is 2.30. The minimum atomic E-state index is -1.00. The third kappa shape index (κ3) is 2.03. The number of hydrogen-bond donors (Lipinski definition) is 2. The van der Waals surface area contributed by atoms with Crippen molar-refractivity contribution in [1.29, 1.82) is 0 Å². The molecule has 16 heavy (non-hydrogen) atoms. The largest absolute Gasteiger partial charge is 0.385 e. The van der Waals surface area contributed by atoms with E-state index in [-0.39, 0.29) is 5.56 Å². The molecule has 0 bridgehead atoms. The van der Waals surface area contributed by atoms with Crippen LogP contribution in [0.1, 0.15) is 11.7 Å². The van der Waals surface area contributed by atoms with Crippen LogP contribution in [0.2, 0.25) is 0 Å². The fourth-order valence-corrected chi connectivity index (χ4v) is 2.10. The second-order valence-corrected chi connectivity index (χ2v) is 4.87. The van der Waals surface area contributed by atoms with Crippen molar-refractivity contribution < 1.29 is 9.50 Å². The van der Waals surface area contributed by atoms with Gasteiger partial charge in [-0.3, -0.25) is 0 Å². The molecule has 1 aromatic carbocycles. The Bertz CT molecular complexity index is 446. The second-order valence-electron chi connectivity index (χ2n) is 3.55. The van der Waals surface area contributed by atoms with Crippen LogP contribution in [0.25, 0.3) is 0 Å². The fourth-order valence-electron chi connectivity index (χ4n) is 1.57. The Hall–Kier alpha value is -1.13. The van der Waals surface area contributed by atoms with Gasteiger partial charge in [0.15, 0.2) is 0 Å². The maximum Gasteiger partial charge on any atom is 0.142 e. The van der Waals surface area contributed by atoms with E-state index in [1.54, 1.807) is 42.6 Å². The Morgan fingerprint density at radius 3 is 2.69 bits per heavy atom. The van der Waals surface area contributed by atoms with Gasteiger partial charge in [-0.1, -0.05) is 40.2 Å². The molecule has 2 nitrogen and oxygen atoms in total. The monoisotopic (exact) mass is 283 g/mol. The predicted octanol–water partition coefficient (Wildman–Crippen LogP) is 2.62. The molecule has 0 spiro atoms. The van der Waals surface area contributed by atoms with E-state index in [4.69, 9.17) is 0 Å². The summed E-state index contributed by atoms with van der Waals surface area (Å²) in [5.74, 6) is -0.418. The van der Waals surface area contributed by atoms with Crippen molar-refractivity contribution in [3.05, 3.63) is 60.1 Å². The van der Waals surface area contributed by atoms with Crippen molar-refractivity contribution in [2.24, 2.45) is 0 Å². The third-order valence-corrected chi connectivity index (χ3v) is 3.38. The van der Waals surface area contributed by atoms with Crippen molar-refractivity contribution in [1.82, 2.24) is 5.32 Å². The van der Waals surface area contributed by atoms with Crippen LogP contribution in [-0.4, -0.2) is 9.55 Å². The number of allylic oxidation sites excluding steroid dienone is 2. The minimum Gasteiger partial charge on any atom is -0.385 e. The zero-order valence-corrected chi connectivity index (χ0v) is 9.99. The first-order valence-corrected chi connectivity index (χ1v) is 5.66. The van der Waals surface area contributed by atoms with E-state index in [2.05, 4.69) is 21.2 Å². The van der Waals surface area contributed by atoms with Crippen LogP contribution in [0, 0.1) is 5.82 Å². The molecule has 0 fully saturated rings. The number of alkyl halides is 1. The van der Waals surface area contributed by atoms with Gasteiger partial charge in [-0.2, -0.15) is 0 Å². The zero-order chi connectivity index (χ0) is 11.6. The molecule has 0 amide bonds. The van der Waals surface area contributed by atoms with Gasteiger partial charge in [0.2, 0.25) is 0 Å². The molecule has 0 aromatic heterocycles. The number of benzene rings is 1. The lowest BCUT2D eigenvalue weighted by atomic mass is 10.0. The van der Waals surface area contributed by atoms with Gasteiger partial charge in [0, 0.05) is 5.56 Å². The first-order valence-electron chi connectivity index (χ1n) is 4.87. The van der Waals surface area contributed by atoms with Crippen LogP contribution >= 0.6 is 15.9 Å². The number of halogens is 2. The van der Waals surface area contributed by atoms with Gasteiger partial charge in [-0.05, 0) is 24.4 Å². The molecule has 4 heteroatoms. The van der Waals surface area contributed by atoms with Crippen LogP contribution in [-0.2, 0) is 0 Å². The highest BCUT2D eigenvalue weighted by molar-refractivity contribution is 9.10. The standard InChI is InChI=1S/C12H11BrFNO/c13-12(7-3-4-8-15-12)11(16)9-5-1-2-6-10(9)14/h1-8,11,15-16H. The number of hydrogen-bond acceptors (Lipinski definition) is 2. The highest BCUT2D eigenvalue weighted by atomic mass is 79.9. The van der Waals surface area contributed by atoms with Crippen molar-refractivity contribution >= 4 is 15.9 Å². The van der Waals surface area contributed by atoms with Gasteiger partial charge in [0.25, 0.3) is 0 Å². The lowest BCUT2D eigenvalue weighted by Crippen LogP contribution is -2.41. The van der Waals surface area contributed by atoms with E-state index >= 15 is 0 Å². The van der Waals surface area contributed by atoms with Crippen LogP contribution in [0.3, 0.4) is 0 Å². The SMILES string of the molecule is OC(c1ccccc1F)C1(Br)C=CC=CN1. The molecule has 0 saturated carbocycles. The Balaban J connectivity index is 2.32. The van der Waals surface area contributed by atoms with Crippen LogP contribution < -0.4 is 5.32 Å². The lowest BCUT2D eigenvalue weighted by Gasteiger charge is -2.32. The summed E-state index contributed by atoms with van der Waals surface area (Å²) < 4.78 is 12.7. The first kappa shape index (κ1) is 11.4. The van der Waals surface area contributed by atoms with Gasteiger partial charge < -0.3 is 10.4 Å². The van der Waals surface area contributed by atoms with Crippen molar-refractivity contribution in [2.45, 2.75) is 10.6 Å². The summed E-state index contributed by atoms with van der Waals surface area (Å²) in [6, 6.07) is 6.19. The Labute approximate surface area is 102 Å². The van der Waals surface area contributed by atoms with Crippen LogP contribution in [0.15, 0.2) is 48.7 Å². The first-order chi connectivity index (χ1) is 7.63. The summed E-state index contributed by atoms with van der Waals surface area (Å²) in [4.78, 5) is 0. The molecule has 2 unspecified atom stereocenters. The third-order valence-electron chi connectivity index (χ3n) is 2.45.